The number of rotatable bonds is 3. The maximum absolute atomic E-state index is 13.4. The predicted octanol–water partition coefficient (Wildman–Crippen LogP) is 3.33. The van der Waals surface area contributed by atoms with Gasteiger partial charge in [0.2, 0.25) is 0 Å². The molecule has 1 aliphatic heterocycles. The molecule has 1 amide bonds. The molecule has 0 atom stereocenters. The fraction of sp³-hybridized carbons (Fsp3) is 0.312. The number of hydrogen-bond acceptors (Lipinski definition) is 3. The van der Waals surface area contributed by atoms with Gasteiger partial charge in [-0.3, -0.25) is 4.79 Å². The number of ether oxygens (including phenoxy) is 1. The van der Waals surface area contributed by atoms with E-state index in [9.17, 15) is 9.18 Å². The summed E-state index contributed by atoms with van der Waals surface area (Å²) in [5.74, 6) is 0.710. The van der Waals surface area contributed by atoms with Crippen LogP contribution in [0.3, 0.4) is 0 Å². The zero-order valence-electron chi connectivity index (χ0n) is 11.8. The summed E-state index contributed by atoms with van der Waals surface area (Å²) in [6.07, 6.45) is 2.05. The summed E-state index contributed by atoms with van der Waals surface area (Å²) in [6, 6.07) is 7.49. The highest BCUT2D eigenvalue weighted by Gasteiger charge is 2.23. The Balaban J connectivity index is 1.91. The molecule has 2 heterocycles. The first kappa shape index (κ1) is 13.7. The zero-order valence-corrected chi connectivity index (χ0v) is 11.8. The van der Waals surface area contributed by atoms with Crippen LogP contribution in [0.1, 0.15) is 23.4 Å². The van der Waals surface area contributed by atoms with E-state index in [0.29, 0.717) is 17.1 Å². The molecule has 0 bridgehead atoms. The van der Waals surface area contributed by atoms with Gasteiger partial charge in [0.05, 0.1) is 12.7 Å². The van der Waals surface area contributed by atoms with E-state index >= 15 is 0 Å². The fourth-order valence-corrected chi connectivity index (χ4v) is 2.55. The van der Waals surface area contributed by atoms with Crippen LogP contribution in [0.2, 0.25) is 0 Å². The second kappa shape index (κ2) is 5.60. The number of nitrogens with zero attached hydrogens (tertiary/aromatic N) is 1. The number of hydrogen-bond donors (Lipinski definition) is 0. The molecule has 1 aromatic carbocycles. The second-order valence-electron chi connectivity index (χ2n) is 5.01. The Morgan fingerprint density at radius 2 is 2.00 bits per heavy atom. The summed E-state index contributed by atoms with van der Waals surface area (Å²) in [5, 5.41) is 0. The third-order valence-corrected chi connectivity index (χ3v) is 3.64. The zero-order chi connectivity index (χ0) is 14.8. The summed E-state index contributed by atoms with van der Waals surface area (Å²) in [6.45, 7) is 1.52. The van der Waals surface area contributed by atoms with Crippen LogP contribution >= 0.6 is 0 Å². The molecule has 5 heteroatoms. The molecular weight excluding hydrogens is 273 g/mol. The van der Waals surface area contributed by atoms with Gasteiger partial charge >= 0.3 is 0 Å². The topological polar surface area (TPSA) is 42.7 Å². The van der Waals surface area contributed by atoms with Crippen molar-refractivity contribution in [3.63, 3.8) is 0 Å². The highest BCUT2D eigenvalue weighted by Crippen LogP contribution is 2.32. The number of carbonyl (C=O) groups is 1. The summed E-state index contributed by atoms with van der Waals surface area (Å²) in [4.78, 5) is 14.0. The van der Waals surface area contributed by atoms with Crippen LogP contribution in [0.25, 0.3) is 11.3 Å². The van der Waals surface area contributed by atoms with Crippen molar-refractivity contribution >= 4 is 5.91 Å². The summed E-state index contributed by atoms with van der Waals surface area (Å²) < 4.78 is 24.2. The molecule has 0 radical (unpaired) electrons. The van der Waals surface area contributed by atoms with Crippen molar-refractivity contribution in [1.29, 1.82) is 0 Å². The Morgan fingerprint density at radius 1 is 1.24 bits per heavy atom. The molecule has 0 N–H and O–H groups in total. The first-order valence-electron chi connectivity index (χ1n) is 6.92. The molecule has 1 aromatic heterocycles. The van der Waals surface area contributed by atoms with Gasteiger partial charge in [0.25, 0.3) is 5.91 Å². The lowest BCUT2D eigenvalue weighted by molar-refractivity contribution is 0.0762. The summed E-state index contributed by atoms with van der Waals surface area (Å²) >= 11 is 0. The summed E-state index contributed by atoms with van der Waals surface area (Å²) in [7, 11) is 1.51. The average molecular weight is 289 g/mol. The Bertz CT molecular complexity index is 659. The van der Waals surface area contributed by atoms with Crippen LogP contribution in [0.15, 0.2) is 34.7 Å². The van der Waals surface area contributed by atoms with Gasteiger partial charge in [-0.2, -0.15) is 0 Å². The van der Waals surface area contributed by atoms with Crippen LogP contribution < -0.4 is 4.74 Å². The lowest BCUT2D eigenvalue weighted by atomic mass is 10.1. The van der Waals surface area contributed by atoms with Gasteiger partial charge in [-0.1, -0.05) is 0 Å². The van der Waals surface area contributed by atoms with Crippen molar-refractivity contribution in [3.8, 4) is 17.1 Å². The van der Waals surface area contributed by atoms with Gasteiger partial charge in [0, 0.05) is 13.1 Å². The minimum atomic E-state index is -0.380. The van der Waals surface area contributed by atoms with E-state index in [4.69, 9.17) is 9.15 Å². The molecule has 2 aromatic rings. The monoisotopic (exact) mass is 289 g/mol. The molecule has 0 unspecified atom stereocenters. The minimum absolute atomic E-state index is 0.117. The Kier molecular flexibility index (Phi) is 3.64. The van der Waals surface area contributed by atoms with Gasteiger partial charge in [-0.05, 0) is 43.2 Å². The molecule has 0 aliphatic carbocycles. The van der Waals surface area contributed by atoms with Crippen LogP contribution in [0.4, 0.5) is 4.39 Å². The van der Waals surface area contributed by atoms with Crippen molar-refractivity contribution in [1.82, 2.24) is 4.90 Å². The molecule has 1 fully saturated rings. The van der Waals surface area contributed by atoms with Crippen LogP contribution in [-0.4, -0.2) is 31.0 Å². The number of halogens is 1. The van der Waals surface area contributed by atoms with Gasteiger partial charge in [0.15, 0.2) is 5.76 Å². The molecule has 3 rings (SSSR count). The van der Waals surface area contributed by atoms with E-state index in [1.807, 2.05) is 0 Å². The quantitative estimate of drug-likeness (QED) is 0.870. The van der Waals surface area contributed by atoms with E-state index in [1.165, 1.54) is 25.3 Å². The second-order valence-corrected chi connectivity index (χ2v) is 5.01. The maximum atomic E-state index is 13.4. The van der Waals surface area contributed by atoms with Gasteiger partial charge in [-0.15, -0.1) is 0 Å². The molecule has 21 heavy (non-hydrogen) atoms. The fourth-order valence-electron chi connectivity index (χ4n) is 2.55. The highest BCUT2D eigenvalue weighted by molar-refractivity contribution is 5.92. The van der Waals surface area contributed by atoms with Gasteiger partial charge in [0.1, 0.15) is 17.3 Å². The van der Waals surface area contributed by atoms with E-state index in [0.717, 1.165) is 25.9 Å². The Morgan fingerprint density at radius 3 is 2.71 bits per heavy atom. The molecule has 0 saturated carbocycles. The predicted molar refractivity (Wildman–Crippen MR) is 75.8 cm³/mol. The summed E-state index contributed by atoms with van der Waals surface area (Å²) in [5.41, 5.74) is 0.498. The van der Waals surface area contributed by atoms with Crippen molar-refractivity contribution < 1.29 is 18.3 Å². The highest BCUT2D eigenvalue weighted by atomic mass is 19.1. The average Bonchev–Trinajstić information content (AvgIpc) is 3.18. The normalized spacial score (nSPS) is 14.5. The van der Waals surface area contributed by atoms with Crippen molar-refractivity contribution in [2.75, 3.05) is 20.2 Å². The van der Waals surface area contributed by atoms with E-state index < -0.39 is 0 Å². The molecule has 1 saturated heterocycles. The molecule has 4 nitrogen and oxygen atoms in total. The van der Waals surface area contributed by atoms with Crippen LogP contribution in [0.5, 0.6) is 5.75 Å². The number of amides is 1. The number of methoxy groups -OCH3 is 1. The van der Waals surface area contributed by atoms with Crippen molar-refractivity contribution in [2.45, 2.75) is 12.8 Å². The van der Waals surface area contributed by atoms with E-state index in [2.05, 4.69) is 0 Å². The van der Waals surface area contributed by atoms with Crippen molar-refractivity contribution in [2.24, 2.45) is 0 Å². The first-order valence-corrected chi connectivity index (χ1v) is 6.92. The maximum Gasteiger partial charge on any atom is 0.289 e. The van der Waals surface area contributed by atoms with E-state index in [-0.39, 0.29) is 17.5 Å². The first-order chi connectivity index (χ1) is 10.2. The number of benzene rings is 1. The molecular formula is C16H16FNO3. The lowest BCUT2D eigenvalue weighted by Crippen LogP contribution is -2.27. The molecule has 110 valence electrons. The van der Waals surface area contributed by atoms with E-state index in [1.54, 1.807) is 17.0 Å². The van der Waals surface area contributed by atoms with Gasteiger partial charge < -0.3 is 14.1 Å². The Labute approximate surface area is 122 Å². The third kappa shape index (κ3) is 2.63. The van der Waals surface area contributed by atoms with Crippen molar-refractivity contribution in [3.05, 3.63) is 41.9 Å². The lowest BCUT2D eigenvalue weighted by Gasteiger charge is -2.12. The number of furan rings is 1. The SMILES string of the molecule is COc1ccc(F)cc1-c1ccc(C(=O)N2CCCC2)o1. The smallest absolute Gasteiger partial charge is 0.289 e. The number of carbonyl (C=O) groups excluding carboxylic acids is 1. The molecule has 0 spiro atoms. The van der Waals surface area contributed by atoms with Crippen LogP contribution in [-0.2, 0) is 0 Å². The Hall–Kier alpha value is -2.30. The standard InChI is InChI=1S/C16H16FNO3/c1-20-13-5-4-11(17)10-12(13)14-6-7-15(21-14)16(19)18-8-2-3-9-18/h4-7,10H,2-3,8-9H2,1H3. The number of likely N-dealkylation sites (tertiary alicyclic amines) is 1. The minimum Gasteiger partial charge on any atom is -0.496 e. The van der Waals surface area contributed by atoms with Gasteiger partial charge in [-0.25, -0.2) is 4.39 Å². The third-order valence-electron chi connectivity index (χ3n) is 3.64. The van der Waals surface area contributed by atoms with Crippen LogP contribution in [0, 0.1) is 5.82 Å². The molecule has 1 aliphatic rings. The largest absolute Gasteiger partial charge is 0.496 e.